The highest BCUT2D eigenvalue weighted by molar-refractivity contribution is 7.89. The Kier molecular flexibility index (Phi) is 6.31. The van der Waals surface area contributed by atoms with Crippen LogP contribution < -0.4 is 15.2 Å². The van der Waals surface area contributed by atoms with Crippen molar-refractivity contribution in [3.63, 3.8) is 0 Å². The van der Waals surface area contributed by atoms with Crippen molar-refractivity contribution in [2.24, 2.45) is 5.73 Å². The van der Waals surface area contributed by atoms with Crippen molar-refractivity contribution in [2.45, 2.75) is 42.7 Å². The molecule has 7 nitrogen and oxygen atoms in total. The van der Waals surface area contributed by atoms with E-state index in [1.165, 1.54) is 19.2 Å². The van der Waals surface area contributed by atoms with Gasteiger partial charge in [-0.15, -0.1) is 12.4 Å². The number of hydrogen-bond acceptors (Lipinski definition) is 5. The number of rotatable bonds is 5. The average molecular weight is 390 g/mol. The molecule has 0 aromatic heterocycles. The Bertz CT molecular complexity index is 737. The Hall–Kier alpha value is -1.35. The molecule has 2 aliphatic rings. The molecule has 1 aromatic carbocycles. The van der Waals surface area contributed by atoms with Gasteiger partial charge in [0, 0.05) is 30.7 Å². The molecule has 1 aliphatic heterocycles. The van der Waals surface area contributed by atoms with Crippen molar-refractivity contribution in [1.82, 2.24) is 9.62 Å². The summed E-state index contributed by atoms with van der Waals surface area (Å²) < 4.78 is 32.8. The van der Waals surface area contributed by atoms with Gasteiger partial charge < -0.3 is 15.4 Å². The van der Waals surface area contributed by atoms with Gasteiger partial charge in [0.25, 0.3) is 5.91 Å². The third kappa shape index (κ3) is 4.63. The minimum Gasteiger partial charge on any atom is -0.495 e. The molecule has 1 saturated carbocycles. The molecule has 0 spiro atoms. The predicted molar refractivity (Wildman–Crippen MR) is 96.7 cm³/mol. The molecule has 3 rings (SSSR count). The fourth-order valence-electron chi connectivity index (χ4n) is 2.88. The van der Waals surface area contributed by atoms with E-state index < -0.39 is 10.0 Å². The lowest BCUT2D eigenvalue weighted by molar-refractivity contribution is 0.0708. The number of methoxy groups -OCH3 is 1. The van der Waals surface area contributed by atoms with Gasteiger partial charge in [-0.1, -0.05) is 0 Å². The lowest BCUT2D eigenvalue weighted by Gasteiger charge is -2.31. The number of nitrogens with zero attached hydrogens (tertiary/aromatic N) is 1. The van der Waals surface area contributed by atoms with Crippen molar-refractivity contribution in [1.29, 1.82) is 0 Å². The first kappa shape index (κ1) is 20.0. The SMILES string of the molecule is COc1ccc(C(=O)N2CCCC(N)C2)cc1S(=O)(=O)NC1CC1.Cl. The maximum atomic E-state index is 12.7. The Morgan fingerprint density at radius 2 is 2.04 bits per heavy atom. The van der Waals surface area contributed by atoms with E-state index in [0.717, 1.165) is 25.7 Å². The molecule has 1 aromatic rings. The van der Waals surface area contributed by atoms with Gasteiger partial charge in [0.2, 0.25) is 10.0 Å². The highest BCUT2D eigenvalue weighted by Crippen LogP contribution is 2.29. The molecule has 1 atom stereocenters. The zero-order valence-corrected chi connectivity index (χ0v) is 15.7. The van der Waals surface area contributed by atoms with E-state index in [2.05, 4.69) is 4.72 Å². The number of amides is 1. The Morgan fingerprint density at radius 1 is 1.32 bits per heavy atom. The highest BCUT2D eigenvalue weighted by atomic mass is 35.5. The number of carbonyl (C=O) groups excluding carboxylic acids is 1. The smallest absolute Gasteiger partial charge is 0.253 e. The van der Waals surface area contributed by atoms with Crippen molar-refractivity contribution in [2.75, 3.05) is 20.2 Å². The van der Waals surface area contributed by atoms with E-state index in [1.54, 1.807) is 11.0 Å². The lowest BCUT2D eigenvalue weighted by Crippen LogP contribution is -2.45. The number of likely N-dealkylation sites (tertiary alicyclic amines) is 1. The lowest BCUT2D eigenvalue weighted by atomic mass is 10.1. The van der Waals surface area contributed by atoms with Crippen LogP contribution in [0.2, 0.25) is 0 Å². The Balaban J connectivity index is 0.00000225. The molecular weight excluding hydrogens is 366 g/mol. The van der Waals surface area contributed by atoms with E-state index in [0.29, 0.717) is 18.7 Å². The fourth-order valence-corrected chi connectivity index (χ4v) is 4.38. The quantitative estimate of drug-likeness (QED) is 0.785. The van der Waals surface area contributed by atoms with Crippen LogP contribution in [-0.4, -0.2) is 51.5 Å². The van der Waals surface area contributed by atoms with Gasteiger partial charge >= 0.3 is 0 Å². The molecule has 140 valence electrons. The van der Waals surface area contributed by atoms with Crippen molar-refractivity contribution in [3.8, 4) is 5.75 Å². The largest absolute Gasteiger partial charge is 0.495 e. The standard InChI is InChI=1S/C16H23N3O4S.ClH/c1-23-14-7-4-11(16(20)19-8-2-3-12(17)10-19)9-15(14)24(21,22)18-13-5-6-13;/h4,7,9,12-13,18H,2-3,5-6,8,10,17H2,1H3;1H. The molecule has 9 heteroatoms. The Labute approximate surface area is 154 Å². The normalized spacial score (nSPS) is 20.7. The van der Waals surface area contributed by atoms with Crippen LogP contribution in [0.1, 0.15) is 36.0 Å². The molecule has 1 saturated heterocycles. The van der Waals surface area contributed by atoms with Crippen LogP contribution in [0.3, 0.4) is 0 Å². The number of carbonyl (C=O) groups is 1. The number of halogens is 1. The molecule has 0 bridgehead atoms. The zero-order chi connectivity index (χ0) is 17.3. The first-order chi connectivity index (χ1) is 11.4. The summed E-state index contributed by atoms with van der Waals surface area (Å²) in [5.74, 6) is 0.0331. The van der Waals surface area contributed by atoms with Crippen LogP contribution in [0.5, 0.6) is 5.75 Å². The highest BCUT2D eigenvalue weighted by Gasteiger charge is 2.31. The second kappa shape index (κ2) is 7.90. The molecule has 1 aliphatic carbocycles. The summed E-state index contributed by atoms with van der Waals surface area (Å²) in [6.07, 6.45) is 3.44. The molecule has 2 fully saturated rings. The summed E-state index contributed by atoms with van der Waals surface area (Å²) in [5.41, 5.74) is 6.26. The summed E-state index contributed by atoms with van der Waals surface area (Å²) >= 11 is 0. The van der Waals surface area contributed by atoms with Crippen LogP contribution in [0.4, 0.5) is 0 Å². The maximum Gasteiger partial charge on any atom is 0.253 e. The van der Waals surface area contributed by atoms with E-state index in [9.17, 15) is 13.2 Å². The summed E-state index contributed by atoms with van der Waals surface area (Å²) in [6, 6.07) is 4.47. The first-order valence-electron chi connectivity index (χ1n) is 8.16. The molecule has 1 heterocycles. The Morgan fingerprint density at radius 3 is 2.64 bits per heavy atom. The van der Waals surface area contributed by atoms with Gasteiger partial charge in [-0.25, -0.2) is 13.1 Å². The minimum absolute atomic E-state index is 0. The van der Waals surface area contributed by atoms with Crippen LogP contribution in [-0.2, 0) is 10.0 Å². The van der Waals surface area contributed by atoms with Gasteiger partial charge in [-0.3, -0.25) is 4.79 Å². The molecule has 0 radical (unpaired) electrons. The topological polar surface area (TPSA) is 102 Å². The molecule has 1 amide bonds. The first-order valence-corrected chi connectivity index (χ1v) is 9.64. The predicted octanol–water partition coefficient (Wildman–Crippen LogP) is 1.12. The summed E-state index contributed by atoms with van der Waals surface area (Å²) in [6.45, 7) is 1.13. The number of nitrogens with one attached hydrogen (secondary N) is 1. The maximum absolute atomic E-state index is 12.7. The van der Waals surface area contributed by atoms with Crippen LogP contribution in [0.25, 0.3) is 0 Å². The van der Waals surface area contributed by atoms with E-state index in [1.807, 2.05) is 0 Å². The fraction of sp³-hybridized carbons (Fsp3) is 0.562. The monoisotopic (exact) mass is 389 g/mol. The third-order valence-corrected chi connectivity index (χ3v) is 5.89. The molecular formula is C16H24ClN3O4S. The van der Waals surface area contributed by atoms with E-state index >= 15 is 0 Å². The van der Waals surface area contributed by atoms with Gasteiger partial charge in [0.1, 0.15) is 10.6 Å². The minimum atomic E-state index is -3.71. The van der Waals surface area contributed by atoms with Gasteiger partial charge in [-0.2, -0.15) is 0 Å². The van der Waals surface area contributed by atoms with Crippen molar-refractivity contribution in [3.05, 3.63) is 23.8 Å². The van der Waals surface area contributed by atoms with Crippen molar-refractivity contribution < 1.29 is 17.9 Å². The van der Waals surface area contributed by atoms with Crippen LogP contribution in [0.15, 0.2) is 23.1 Å². The average Bonchev–Trinajstić information content (AvgIpc) is 3.37. The van der Waals surface area contributed by atoms with Gasteiger partial charge in [-0.05, 0) is 43.9 Å². The van der Waals surface area contributed by atoms with Gasteiger partial charge in [0.05, 0.1) is 7.11 Å². The number of benzene rings is 1. The summed E-state index contributed by atoms with van der Waals surface area (Å²) in [4.78, 5) is 14.4. The van der Waals surface area contributed by atoms with E-state index in [-0.39, 0.29) is 41.0 Å². The number of hydrogen-bond donors (Lipinski definition) is 2. The molecule has 1 unspecified atom stereocenters. The summed E-state index contributed by atoms with van der Waals surface area (Å²) in [5, 5.41) is 0. The van der Waals surface area contributed by atoms with Crippen LogP contribution >= 0.6 is 12.4 Å². The molecule has 25 heavy (non-hydrogen) atoms. The van der Waals surface area contributed by atoms with Crippen LogP contribution in [0, 0.1) is 0 Å². The zero-order valence-electron chi connectivity index (χ0n) is 14.1. The number of sulfonamides is 1. The molecule has 3 N–H and O–H groups in total. The van der Waals surface area contributed by atoms with E-state index in [4.69, 9.17) is 10.5 Å². The van der Waals surface area contributed by atoms with Gasteiger partial charge in [0.15, 0.2) is 0 Å². The number of nitrogens with two attached hydrogens (primary N) is 1. The number of piperidine rings is 1. The second-order valence-corrected chi connectivity index (χ2v) is 8.10. The second-order valence-electron chi connectivity index (χ2n) is 6.41. The third-order valence-electron chi connectivity index (χ3n) is 4.34. The number of ether oxygens (including phenoxy) is 1. The summed E-state index contributed by atoms with van der Waals surface area (Å²) in [7, 11) is -2.29. The van der Waals surface area contributed by atoms with Crippen molar-refractivity contribution >= 4 is 28.3 Å².